The molecule has 1 heterocycles. The zero-order valence-electron chi connectivity index (χ0n) is 18.5. The Bertz CT molecular complexity index is 919. The highest BCUT2D eigenvalue weighted by molar-refractivity contribution is 7.99. The molecule has 0 bridgehead atoms. The number of aliphatic hydroxyl groups excluding tert-OH is 1. The SMILES string of the molecule is COc1cc(C2Sc3ccccc3N(CCC(C)(C)N)C(=O)C2O)cc(OC)c1OC. The Labute approximate surface area is 187 Å². The predicted molar refractivity (Wildman–Crippen MR) is 122 cm³/mol. The van der Waals surface area contributed by atoms with Gasteiger partial charge in [0.2, 0.25) is 5.75 Å². The molecular weight excluding hydrogens is 416 g/mol. The molecule has 1 aliphatic rings. The van der Waals surface area contributed by atoms with Gasteiger partial charge in [0.25, 0.3) is 5.91 Å². The Kier molecular flexibility index (Phi) is 7.03. The number of thioether (sulfide) groups is 1. The van der Waals surface area contributed by atoms with Crippen LogP contribution in [0.4, 0.5) is 5.69 Å². The van der Waals surface area contributed by atoms with Gasteiger partial charge >= 0.3 is 0 Å². The summed E-state index contributed by atoms with van der Waals surface area (Å²) in [6, 6.07) is 11.2. The Morgan fingerprint density at radius 2 is 1.71 bits per heavy atom. The number of carbonyl (C=O) groups is 1. The van der Waals surface area contributed by atoms with E-state index in [1.54, 1.807) is 17.0 Å². The quantitative estimate of drug-likeness (QED) is 0.673. The molecule has 2 unspecified atom stereocenters. The maximum Gasteiger partial charge on any atom is 0.257 e. The molecule has 0 spiro atoms. The molecule has 0 aromatic heterocycles. The first-order chi connectivity index (χ1) is 14.7. The minimum absolute atomic E-state index is 0.361. The van der Waals surface area contributed by atoms with Gasteiger partial charge in [-0.3, -0.25) is 4.79 Å². The van der Waals surface area contributed by atoms with Crippen molar-refractivity contribution in [1.82, 2.24) is 0 Å². The third-order valence-electron chi connectivity index (χ3n) is 5.21. The third-order valence-corrected chi connectivity index (χ3v) is 6.59. The molecule has 31 heavy (non-hydrogen) atoms. The Hall–Kier alpha value is -2.42. The summed E-state index contributed by atoms with van der Waals surface area (Å²) >= 11 is 1.44. The second kappa shape index (κ2) is 9.38. The molecule has 2 aromatic carbocycles. The van der Waals surface area contributed by atoms with Crippen molar-refractivity contribution in [2.45, 2.75) is 42.1 Å². The fourth-order valence-corrected chi connectivity index (χ4v) is 4.78. The van der Waals surface area contributed by atoms with Crippen LogP contribution in [0.3, 0.4) is 0 Å². The monoisotopic (exact) mass is 446 g/mol. The van der Waals surface area contributed by atoms with Crippen LogP contribution in [0.25, 0.3) is 0 Å². The molecule has 0 saturated heterocycles. The molecule has 3 N–H and O–H groups in total. The molecule has 1 amide bonds. The zero-order valence-corrected chi connectivity index (χ0v) is 19.4. The van der Waals surface area contributed by atoms with E-state index in [1.165, 1.54) is 33.1 Å². The molecule has 7 nitrogen and oxygen atoms in total. The number of benzene rings is 2. The molecule has 168 valence electrons. The van der Waals surface area contributed by atoms with E-state index in [4.69, 9.17) is 19.9 Å². The number of rotatable bonds is 7. The van der Waals surface area contributed by atoms with Crippen molar-refractivity contribution in [1.29, 1.82) is 0 Å². The van der Waals surface area contributed by atoms with E-state index in [0.717, 1.165) is 10.6 Å². The van der Waals surface area contributed by atoms with Crippen molar-refractivity contribution < 1.29 is 24.1 Å². The lowest BCUT2D eigenvalue weighted by Crippen LogP contribution is -2.44. The summed E-state index contributed by atoms with van der Waals surface area (Å²) in [6.45, 7) is 4.26. The van der Waals surface area contributed by atoms with E-state index in [1.807, 2.05) is 38.1 Å². The summed E-state index contributed by atoms with van der Waals surface area (Å²) in [5, 5.41) is 10.6. The summed E-state index contributed by atoms with van der Waals surface area (Å²) in [7, 11) is 4.61. The number of hydrogen-bond donors (Lipinski definition) is 2. The van der Waals surface area contributed by atoms with Gasteiger partial charge in [-0.15, -0.1) is 11.8 Å². The molecule has 2 aromatic rings. The largest absolute Gasteiger partial charge is 0.493 e. The minimum Gasteiger partial charge on any atom is -0.493 e. The topological polar surface area (TPSA) is 94.3 Å². The molecule has 0 saturated carbocycles. The molecule has 0 aliphatic carbocycles. The van der Waals surface area contributed by atoms with Crippen molar-refractivity contribution in [3.63, 3.8) is 0 Å². The lowest BCUT2D eigenvalue weighted by Gasteiger charge is -2.28. The summed E-state index contributed by atoms with van der Waals surface area (Å²) in [5.41, 5.74) is 7.20. The van der Waals surface area contributed by atoms with E-state index in [2.05, 4.69) is 0 Å². The molecule has 2 atom stereocenters. The van der Waals surface area contributed by atoms with Gasteiger partial charge in [-0.1, -0.05) is 12.1 Å². The van der Waals surface area contributed by atoms with Crippen LogP contribution in [0.5, 0.6) is 17.2 Å². The van der Waals surface area contributed by atoms with Gasteiger partial charge in [0.05, 0.1) is 32.3 Å². The van der Waals surface area contributed by atoms with Crippen molar-refractivity contribution in [3.8, 4) is 17.2 Å². The van der Waals surface area contributed by atoms with Gasteiger partial charge in [0, 0.05) is 17.0 Å². The summed E-state index contributed by atoms with van der Waals surface area (Å²) in [6.07, 6.45) is -0.666. The maximum atomic E-state index is 13.4. The number of nitrogens with two attached hydrogens (primary N) is 1. The third kappa shape index (κ3) is 4.92. The van der Waals surface area contributed by atoms with Gasteiger partial charge < -0.3 is 30.0 Å². The number of fused-ring (bicyclic) bond motifs is 1. The van der Waals surface area contributed by atoms with Gasteiger partial charge in [-0.05, 0) is 50.1 Å². The Morgan fingerprint density at radius 1 is 1.10 bits per heavy atom. The number of anilines is 1. The van der Waals surface area contributed by atoms with Gasteiger partial charge in [-0.25, -0.2) is 0 Å². The number of amides is 1. The van der Waals surface area contributed by atoms with Crippen molar-refractivity contribution >= 4 is 23.4 Å². The summed E-state index contributed by atoms with van der Waals surface area (Å²) in [5.74, 6) is 1.04. The van der Waals surface area contributed by atoms with Crippen molar-refractivity contribution in [3.05, 3.63) is 42.0 Å². The average molecular weight is 447 g/mol. The normalized spacial score (nSPS) is 18.9. The number of hydrogen-bond acceptors (Lipinski definition) is 7. The van der Waals surface area contributed by atoms with Crippen LogP contribution in [0.15, 0.2) is 41.3 Å². The first kappa shape index (κ1) is 23.2. The lowest BCUT2D eigenvalue weighted by molar-refractivity contribution is -0.126. The van der Waals surface area contributed by atoms with Crippen molar-refractivity contribution in [2.24, 2.45) is 5.73 Å². The van der Waals surface area contributed by atoms with Gasteiger partial charge in [-0.2, -0.15) is 0 Å². The van der Waals surface area contributed by atoms with Crippen LogP contribution < -0.4 is 24.8 Å². The van der Waals surface area contributed by atoms with E-state index < -0.39 is 16.9 Å². The number of ether oxygens (including phenoxy) is 3. The first-order valence-corrected chi connectivity index (χ1v) is 10.9. The number of methoxy groups -OCH3 is 3. The fourth-order valence-electron chi connectivity index (χ4n) is 3.54. The highest BCUT2D eigenvalue weighted by Crippen LogP contribution is 2.49. The Balaban J connectivity index is 2.06. The van der Waals surface area contributed by atoms with Crippen LogP contribution in [-0.4, -0.2) is 50.5 Å². The molecule has 1 aliphatic heterocycles. The Morgan fingerprint density at radius 3 is 2.26 bits per heavy atom. The van der Waals surface area contributed by atoms with Crippen LogP contribution >= 0.6 is 11.8 Å². The van der Waals surface area contributed by atoms with Crippen LogP contribution in [0, 0.1) is 0 Å². The fraction of sp³-hybridized carbons (Fsp3) is 0.435. The smallest absolute Gasteiger partial charge is 0.257 e. The molecule has 3 rings (SSSR count). The summed E-state index contributed by atoms with van der Waals surface area (Å²) < 4.78 is 16.3. The standard InChI is InChI=1S/C23H30N2O5S/c1-23(2,24)10-11-25-15-8-6-7-9-18(15)31-21(19(26)22(25)27)14-12-16(28-3)20(30-5)17(13-14)29-4/h6-9,12-13,19,21,26H,10-11,24H2,1-5H3. The second-order valence-corrected chi connectivity index (χ2v) is 9.32. The second-order valence-electron chi connectivity index (χ2n) is 8.14. The summed E-state index contributed by atoms with van der Waals surface area (Å²) in [4.78, 5) is 15.9. The molecule has 0 fully saturated rings. The van der Waals surface area contributed by atoms with E-state index in [0.29, 0.717) is 35.8 Å². The average Bonchev–Trinajstić information content (AvgIpc) is 2.85. The van der Waals surface area contributed by atoms with Crippen LogP contribution in [-0.2, 0) is 4.79 Å². The molecule has 0 radical (unpaired) electrons. The molecular formula is C23H30N2O5S. The number of aliphatic hydroxyl groups is 1. The van der Waals surface area contributed by atoms with Crippen molar-refractivity contribution in [2.75, 3.05) is 32.8 Å². The minimum atomic E-state index is -1.26. The van der Waals surface area contributed by atoms with Gasteiger partial charge in [0.1, 0.15) is 6.10 Å². The van der Waals surface area contributed by atoms with Crippen LogP contribution in [0.2, 0.25) is 0 Å². The number of nitrogens with zero attached hydrogens (tertiary/aromatic N) is 1. The predicted octanol–water partition coefficient (Wildman–Crippen LogP) is 3.38. The number of para-hydroxylation sites is 1. The highest BCUT2D eigenvalue weighted by atomic mass is 32.2. The zero-order chi connectivity index (χ0) is 22.8. The highest BCUT2D eigenvalue weighted by Gasteiger charge is 2.38. The number of carbonyl (C=O) groups excluding carboxylic acids is 1. The molecule has 8 heteroatoms. The lowest BCUT2D eigenvalue weighted by atomic mass is 10.0. The first-order valence-electron chi connectivity index (χ1n) is 10.0. The van der Waals surface area contributed by atoms with E-state index in [-0.39, 0.29) is 5.91 Å². The van der Waals surface area contributed by atoms with E-state index in [9.17, 15) is 9.90 Å². The maximum absolute atomic E-state index is 13.4. The van der Waals surface area contributed by atoms with E-state index >= 15 is 0 Å². The van der Waals surface area contributed by atoms with Crippen LogP contribution in [0.1, 0.15) is 31.1 Å². The van der Waals surface area contributed by atoms with Gasteiger partial charge in [0.15, 0.2) is 11.5 Å².